The van der Waals surface area contributed by atoms with Gasteiger partial charge in [-0.3, -0.25) is 9.59 Å². The Labute approximate surface area is 134 Å². The number of aryl methyl sites for hydroxylation is 1. The van der Waals surface area contributed by atoms with Gasteiger partial charge >= 0.3 is 0 Å². The van der Waals surface area contributed by atoms with Crippen molar-refractivity contribution in [2.24, 2.45) is 5.73 Å². The molecule has 0 unspecified atom stereocenters. The zero-order valence-corrected chi connectivity index (χ0v) is 13.1. The highest BCUT2D eigenvalue weighted by Crippen LogP contribution is 2.27. The van der Waals surface area contributed by atoms with Crippen molar-refractivity contribution in [2.75, 3.05) is 11.9 Å². The first-order valence-electron chi connectivity index (χ1n) is 8.16. The molecule has 1 aliphatic heterocycles. The molecule has 5 nitrogen and oxygen atoms in total. The topological polar surface area (TPSA) is 84.2 Å². The lowest BCUT2D eigenvalue weighted by molar-refractivity contribution is -0.116. The van der Waals surface area contributed by atoms with Gasteiger partial charge in [0.2, 0.25) is 5.91 Å². The summed E-state index contributed by atoms with van der Waals surface area (Å²) in [5.41, 5.74) is 7.17. The average Bonchev–Trinajstić information content (AvgIpc) is 2.52. The fraction of sp³-hybridized carbons (Fsp3) is 0.529. The summed E-state index contributed by atoms with van der Waals surface area (Å²) in [5.74, 6) is -1.20. The van der Waals surface area contributed by atoms with Crippen LogP contribution in [-0.2, 0) is 11.2 Å². The number of rotatable bonds is 3. The summed E-state index contributed by atoms with van der Waals surface area (Å²) in [4.78, 5) is 23.6. The van der Waals surface area contributed by atoms with Crippen molar-refractivity contribution in [1.82, 2.24) is 5.32 Å². The van der Waals surface area contributed by atoms with E-state index in [9.17, 15) is 14.0 Å². The van der Waals surface area contributed by atoms with Crippen LogP contribution in [0.3, 0.4) is 0 Å². The van der Waals surface area contributed by atoms with Crippen LogP contribution < -0.4 is 16.4 Å². The van der Waals surface area contributed by atoms with E-state index in [-0.39, 0.29) is 17.0 Å². The number of amides is 2. The van der Waals surface area contributed by atoms with Crippen LogP contribution in [0.5, 0.6) is 0 Å². The van der Waals surface area contributed by atoms with Gasteiger partial charge in [0.1, 0.15) is 5.82 Å². The Bertz CT molecular complexity index is 639. The Hall–Kier alpha value is -1.95. The molecule has 6 heteroatoms. The Morgan fingerprint density at radius 3 is 2.74 bits per heavy atom. The summed E-state index contributed by atoms with van der Waals surface area (Å²) < 4.78 is 14.2. The SMILES string of the molecule is NC1(CNC(=O)c2cc3c(cc2F)NC(=O)CC3)CCCCC1. The number of carbonyl (C=O) groups excluding carboxylic acids is 2. The monoisotopic (exact) mass is 319 g/mol. The molecule has 0 aromatic heterocycles. The van der Waals surface area contributed by atoms with Gasteiger partial charge in [-0.25, -0.2) is 4.39 Å². The number of nitrogens with one attached hydrogen (secondary N) is 2. The first kappa shape index (κ1) is 15.9. The number of carbonyl (C=O) groups is 2. The van der Waals surface area contributed by atoms with Crippen LogP contribution in [0, 0.1) is 5.82 Å². The minimum atomic E-state index is -0.627. The average molecular weight is 319 g/mol. The number of nitrogens with two attached hydrogens (primary N) is 1. The molecule has 1 aliphatic carbocycles. The van der Waals surface area contributed by atoms with Gasteiger partial charge in [-0.05, 0) is 37.0 Å². The van der Waals surface area contributed by atoms with E-state index in [0.29, 0.717) is 25.1 Å². The number of anilines is 1. The molecule has 2 aliphatic rings. The van der Waals surface area contributed by atoms with Crippen LogP contribution in [0.2, 0.25) is 0 Å². The number of fused-ring (bicyclic) bond motifs is 1. The number of hydrogen-bond donors (Lipinski definition) is 3. The van der Waals surface area contributed by atoms with Crippen LogP contribution in [0.25, 0.3) is 0 Å². The molecule has 0 spiro atoms. The summed E-state index contributed by atoms with van der Waals surface area (Å²) in [6.45, 7) is 0.360. The highest BCUT2D eigenvalue weighted by molar-refractivity contribution is 5.98. The molecule has 0 radical (unpaired) electrons. The summed E-state index contributed by atoms with van der Waals surface area (Å²) in [6, 6.07) is 2.75. The van der Waals surface area contributed by atoms with Crippen molar-refractivity contribution in [3.8, 4) is 0 Å². The highest BCUT2D eigenvalue weighted by atomic mass is 19.1. The molecule has 3 rings (SSSR count). The van der Waals surface area contributed by atoms with Crippen molar-refractivity contribution in [3.63, 3.8) is 0 Å². The second kappa shape index (κ2) is 6.28. The fourth-order valence-electron chi connectivity index (χ4n) is 3.36. The Kier molecular flexibility index (Phi) is 4.35. The predicted molar refractivity (Wildman–Crippen MR) is 85.7 cm³/mol. The third kappa shape index (κ3) is 3.52. The van der Waals surface area contributed by atoms with Crippen LogP contribution >= 0.6 is 0 Å². The van der Waals surface area contributed by atoms with E-state index < -0.39 is 11.7 Å². The Morgan fingerprint density at radius 1 is 1.26 bits per heavy atom. The smallest absolute Gasteiger partial charge is 0.254 e. The first-order valence-corrected chi connectivity index (χ1v) is 8.16. The van der Waals surface area contributed by atoms with Crippen LogP contribution in [0.4, 0.5) is 10.1 Å². The summed E-state index contributed by atoms with van der Waals surface area (Å²) in [6.07, 6.45) is 5.95. The molecule has 1 aromatic carbocycles. The zero-order valence-electron chi connectivity index (χ0n) is 13.1. The van der Waals surface area contributed by atoms with E-state index in [1.807, 2.05) is 0 Å². The van der Waals surface area contributed by atoms with Crippen molar-refractivity contribution in [1.29, 1.82) is 0 Å². The molecule has 2 amide bonds. The minimum absolute atomic E-state index is 0.0132. The fourth-order valence-corrected chi connectivity index (χ4v) is 3.36. The molecule has 0 bridgehead atoms. The molecule has 1 heterocycles. The van der Waals surface area contributed by atoms with E-state index in [0.717, 1.165) is 31.2 Å². The summed E-state index contributed by atoms with van der Waals surface area (Å²) in [7, 11) is 0. The van der Waals surface area contributed by atoms with Gasteiger partial charge < -0.3 is 16.4 Å². The lowest BCUT2D eigenvalue weighted by atomic mass is 9.82. The molecule has 0 atom stereocenters. The summed E-state index contributed by atoms with van der Waals surface area (Å²) >= 11 is 0. The van der Waals surface area contributed by atoms with E-state index in [1.54, 1.807) is 0 Å². The molecular weight excluding hydrogens is 297 g/mol. The van der Waals surface area contributed by atoms with E-state index in [4.69, 9.17) is 5.73 Å². The highest BCUT2D eigenvalue weighted by Gasteiger charge is 2.28. The third-order valence-corrected chi connectivity index (χ3v) is 4.78. The second-order valence-corrected chi connectivity index (χ2v) is 6.64. The van der Waals surface area contributed by atoms with Crippen molar-refractivity contribution < 1.29 is 14.0 Å². The minimum Gasteiger partial charge on any atom is -0.350 e. The van der Waals surface area contributed by atoms with Gasteiger partial charge in [0.05, 0.1) is 5.56 Å². The maximum atomic E-state index is 14.2. The lowest BCUT2D eigenvalue weighted by Gasteiger charge is -2.33. The van der Waals surface area contributed by atoms with Gasteiger partial charge in [-0.1, -0.05) is 19.3 Å². The van der Waals surface area contributed by atoms with Gasteiger partial charge in [0, 0.05) is 24.2 Å². The van der Waals surface area contributed by atoms with Gasteiger partial charge in [0.15, 0.2) is 0 Å². The van der Waals surface area contributed by atoms with Crippen LogP contribution in [0.1, 0.15) is 54.4 Å². The van der Waals surface area contributed by atoms with Crippen LogP contribution in [0.15, 0.2) is 12.1 Å². The van der Waals surface area contributed by atoms with E-state index >= 15 is 0 Å². The van der Waals surface area contributed by atoms with E-state index in [1.165, 1.54) is 18.6 Å². The van der Waals surface area contributed by atoms with E-state index in [2.05, 4.69) is 10.6 Å². The van der Waals surface area contributed by atoms with Crippen molar-refractivity contribution >= 4 is 17.5 Å². The van der Waals surface area contributed by atoms with Crippen molar-refractivity contribution in [2.45, 2.75) is 50.5 Å². The second-order valence-electron chi connectivity index (χ2n) is 6.64. The molecule has 0 saturated heterocycles. The molecule has 4 N–H and O–H groups in total. The molecule has 1 fully saturated rings. The molecule has 1 saturated carbocycles. The first-order chi connectivity index (χ1) is 11.0. The largest absolute Gasteiger partial charge is 0.350 e. The van der Waals surface area contributed by atoms with Crippen molar-refractivity contribution in [3.05, 3.63) is 29.1 Å². The molecule has 23 heavy (non-hydrogen) atoms. The normalized spacial score (nSPS) is 19.7. The lowest BCUT2D eigenvalue weighted by Crippen LogP contribution is -2.51. The Balaban J connectivity index is 1.71. The van der Waals surface area contributed by atoms with Gasteiger partial charge in [-0.2, -0.15) is 0 Å². The zero-order chi connectivity index (χ0) is 16.4. The number of hydrogen-bond acceptors (Lipinski definition) is 3. The predicted octanol–water partition coefficient (Wildman–Crippen LogP) is 2.10. The molecular formula is C17H22FN3O2. The summed E-state index contributed by atoms with van der Waals surface area (Å²) in [5, 5.41) is 5.40. The Morgan fingerprint density at radius 2 is 2.00 bits per heavy atom. The van der Waals surface area contributed by atoms with Gasteiger partial charge in [-0.15, -0.1) is 0 Å². The number of benzene rings is 1. The quantitative estimate of drug-likeness (QED) is 0.798. The third-order valence-electron chi connectivity index (χ3n) is 4.78. The standard InChI is InChI=1S/C17H22FN3O2/c18-13-9-14-11(4-5-15(22)21-14)8-12(13)16(23)20-10-17(19)6-2-1-3-7-17/h8-9H,1-7,10,19H2,(H,20,23)(H,21,22). The maximum absolute atomic E-state index is 14.2. The van der Waals surface area contributed by atoms with Gasteiger partial charge in [0.25, 0.3) is 5.91 Å². The number of halogens is 1. The molecule has 1 aromatic rings. The molecule has 124 valence electrons. The van der Waals surface area contributed by atoms with Crippen LogP contribution in [-0.4, -0.2) is 23.9 Å². The maximum Gasteiger partial charge on any atom is 0.254 e.